The lowest BCUT2D eigenvalue weighted by Crippen LogP contribution is -1.99. The fourth-order valence-electron chi connectivity index (χ4n) is 2.23. The standard InChI is InChI=1S/C17H12N2O4/c1-10-3-2-4-12(8-18)16(10)22-9-15-19-13-6-5-11(17(20)21)7-14(13)23-15/h2-7H,9H2,1H3,(H,20,21). The number of benzene rings is 2. The maximum Gasteiger partial charge on any atom is 0.335 e. The Bertz CT molecular complexity index is 937. The van der Waals surface area contributed by atoms with Crippen molar-refractivity contribution < 1.29 is 19.1 Å². The molecule has 0 spiro atoms. The zero-order valence-corrected chi connectivity index (χ0v) is 12.2. The Kier molecular flexibility index (Phi) is 3.69. The first-order valence-corrected chi connectivity index (χ1v) is 6.84. The number of carbonyl (C=O) groups is 1. The maximum atomic E-state index is 11.0. The van der Waals surface area contributed by atoms with Crippen LogP contribution in [-0.2, 0) is 6.61 Å². The van der Waals surface area contributed by atoms with Crippen molar-refractivity contribution in [3.8, 4) is 11.8 Å². The fourth-order valence-corrected chi connectivity index (χ4v) is 2.23. The molecule has 0 aliphatic rings. The number of ether oxygens (including phenoxy) is 1. The van der Waals surface area contributed by atoms with E-state index in [0.29, 0.717) is 28.3 Å². The highest BCUT2D eigenvalue weighted by Gasteiger charge is 2.12. The highest BCUT2D eigenvalue weighted by molar-refractivity contribution is 5.91. The van der Waals surface area contributed by atoms with Crippen LogP contribution in [-0.4, -0.2) is 16.1 Å². The van der Waals surface area contributed by atoms with Crippen LogP contribution >= 0.6 is 0 Å². The van der Waals surface area contributed by atoms with Gasteiger partial charge in [-0.2, -0.15) is 5.26 Å². The van der Waals surface area contributed by atoms with Crippen LogP contribution in [0.3, 0.4) is 0 Å². The number of rotatable bonds is 4. The summed E-state index contributed by atoms with van der Waals surface area (Å²) in [4.78, 5) is 15.2. The van der Waals surface area contributed by atoms with Crippen LogP contribution in [0.5, 0.6) is 5.75 Å². The lowest BCUT2D eigenvalue weighted by atomic mass is 10.1. The molecular weight excluding hydrogens is 296 g/mol. The maximum absolute atomic E-state index is 11.0. The molecule has 0 saturated heterocycles. The second-order valence-corrected chi connectivity index (χ2v) is 4.95. The van der Waals surface area contributed by atoms with E-state index in [2.05, 4.69) is 11.1 Å². The predicted octanol–water partition coefficient (Wildman–Crippen LogP) is 3.29. The number of nitrogens with zero attached hydrogens (tertiary/aromatic N) is 2. The summed E-state index contributed by atoms with van der Waals surface area (Å²) in [6, 6.07) is 11.9. The molecule has 6 nitrogen and oxygen atoms in total. The average molecular weight is 308 g/mol. The van der Waals surface area contributed by atoms with Gasteiger partial charge in [0, 0.05) is 0 Å². The zero-order chi connectivity index (χ0) is 16.4. The van der Waals surface area contributed by atoms with E-state index in [0.717, 1.165) is 5.56 Å². The van der Waals surface area contributed by atoms with Crippen molar-refractivity contribution in [2.45, 2.75) is 13.5 Å². The number of carboxylic acids is 1. The summed E-state index contributed by atoms with van der Waals surface area (Å²) < 4.78 is 11.2. The Balaban J connectivity index is 1.86. The van der Waals surface area contributed by atoms with Crippen LogP contribution < -0.4 is 4.74 Å². The van der Waals surface area contributed by atoms with Gasteiger partial charge in [-0.3, -0.25) is 0 Å². The molecule has 114 valence electrons. The number of oxazole rings is 1. The summed E-state index contributed by atoms with van der Waals surface area (Å²) in [5.74, 6) is -0.224. The highest BCUT2D eigenvalue weighted by Crippen LogP contribution is 2.24. The van der Waals surface area contributed by atoms with Crippen LogP contribution in [0, 0.1) is 18.3 Å². The van der Waals surface area contributed by atoms with Gasteiger partial charge < -0.3 is 14.3 Å². The number of carboxylic acid groups (broad SMARTS) is 1. The Morgan fingerprint density at radius 2 is 2.22 bits per heavy atom. The van der Waals surface area contributed by atoms with E-state index in [1.54, 1.807) is 18.2 Å². The Hall–Kier alpha value is -3.33. The molecule has 0 amide bonds. The molecule has 0 radical (unpaired) electrons. The van der Waals surface area contributed by atoms with Gasteiger partial charge in [0.05, 0.1) is 11.1 Å². The molecule has 23 heavy (non-hydrogen) atoms. The molecule has 0 fully saturated rings. The van der Waals surface area contributed by atoms with E-state index < -0.39 is 5.97 Å². The third kappa shape index (κ3) is 2.85. The van der Waals surface area contributed by atoms with Crippen molar-refractivity contribution in [1.29, 1.82) is 5.26 Å². The van der Waals surface area contributed by atoms with E-state index in [4.69, 9.17) is 19.5 Å². The van der Waals surface area contributed by atoms with Gasteiger partial charge in [-0.1, -0.05) is 12.1 Å². The lowest BCUT2D eigenvalue weighted by molar-refractivity contribution is 0.0697. The minimum atomic E-state index is -1.03. The third-order valence-corrected chi connectivity index (χ3v) is 3.35. The summed E-state index contributed by atoms with van der Waals surface area (Å²) in [6.07, 6.45) is 0. The molecule has 0 unspecified atom stereocenters. The average Bonchev–Trinajstić information content (AvgIpc) is 2.95. The smallest absolute Gasteiger partial charge is 0.335 e. The number of fused-ring (bicyclic) bond motifs is 1. The van der Waals surface area contributed by atoms with E-state index in [1.807, 2.05) is 13.0 Å². The second kappa shape index (κ2) is 5.81. The Morgan fingerprint density at radius 3 is 2.96 bits per heavy atom. The number of hydrogen-bond acceptors (Lipinski definition) is 5. The summed E-state index contributed by atoms with van der Waals surface area (Å²) >= 11 is 0. The number of aromatic nitrogens is 1. The van der Waals surface area contributed by atoms with Crippen molar-refractivity contribution in [2.24, 2.45) is 0 Å². The van der Waals surface area contributed by atoms with Crippen LogP contribution in [0.15, 0.2) is 40.8 Å². The van der Waals surface area contributed by atoms with Crippen molar-refractivity contribution >= 4 is 17.1 Å². The summed E-state index contributed by atoms with van der Waals surface area (Å²) in [5.41, 5.74) is 2.35. The topological polar surface area (TPSA) is 96.3 Å². The molecule has 0 bridgehead atoms. The Morgan fingerprint density at radius 1 is 1.39 bits per heavy atom. The molecule has 1 N–H and O–H groups in total. The van der Waals surface area contributed by atoms with Gasteiger partial charge in [0.1, 0.15) is 17.3 Å². The van der Waals surface area contributed by atoms with Crippen molar-refractivity contribution in [1.82, 2.24) is 4.98 Å². The number of hydrogen-bond donors (Lipinski definition) is 1. The SMILES string of the molecule is Cc1cccc(C#N)c1OCc1nc2ccc(C(=O)O)cc2o1. The van der Waals surface area contributed by atoms with E-state index in [9.17, 15) is 4.79 Å². The molecule has 6 heteroatoms. The minimum Gasteiger partial charge on any atom is -0.482 e. The van der Waals surface area contributed by atoms with Crippen molar-refractivity contribution in [3.63, 3.8) is 0 Å². The van der Waals surface area contributed by atoms with Gasteiger partial charge in [0.25, 0.3) is 0 Å². The van der Waals surface area contributed by atoms with Crippen LogP contribution in [0.4, 0.5) is 0 Å². The molecule has 0 aliphatic heterocycles. The lowest BCUT2D eigenvalue weighted by Gasteiger charge is -2.08. The predicted molar refractivity (Wildman–Crippen MR) is 81.2 cm³/mol. The molecule has 0 saturated carbocycles. The van der Waals surface area contributed by atoms with Crippen LogP contribution in [0.1, 0.15) is 27.4 Å². The van der Waals surface area contributed by atoms with E-state index in [1.165, 1.54) is 12.1 Å². The van der Waals surface area contributed by atoms with E-state index >= 15 is 0 Å². The van der Waals surface area contributed by atoms with Crippen LogP contribution in [0.25, 0.3) is 11.1 Å². The molecule has 2 aromatic carbocycles. The summed E-state index contributed by atoms with van der Waals surface area (Å²) in [5, 5.41) is 18.1. The summed E-state index contributed by atoms with van der Waals surface area (Å²) in [7, 11) is 0. The normalized spacial score (nSPS) is 10.4. The largest absolute Gasteiger partial charge is 0.482 e. The highest BCUT2D eigenvalue weighted by atomic mass is 16.5. The van der Waals surface area contributed by atoms with Gasteiger partial charge in [-0.15, -0.1) is 0 Å². The van der Waals surface area contributed by atoms with Gasteiger partial charge in [-0.05, 0) is 36.8 Å². The fraction of sp³-hybridized carbons (Fsp3) is 0.118. The third-order valence-electron chi connectivity index (χ3n) is 3.35. The van der Waals surface area contributed by atoms with Gasteiger partial charge in [0.2, 0.25) is 5.89 Å². The molecule has 3 aromatic rings. The second-order valence-electron chi connectivity index (χ2n) is 4.95. The molecule has 1 heterocycles. The number of aryl methyl sites for hydroxylation is 1. The molecule has 0 aliphatic carbocycles. The molecule has 0 atom stereocenters. The first-order chi connectivity index (χ1) is 11.1. The molecule has 3 rings (SSSR count). The van der Waals surface area contributed by atoms with Gasteiger partial charge >= 0.3 is 5.97 Å². The van der Waals surface area contributed by atoms with Gasteiger partial charge in [0.15, 0.2) is 12.2 Å². The van der Waals surface area contributed by atoms with Crippen molar-refractivity contribution in [2.75, 3.05) is 0 Å². The first kappa shape index (κ1) is 14.6. The molecular formula is C17H12N2O4. The number of nitriles is 1. The first-order valence-electron chi connectivity index (χ1n) is 6.84. The number of para-hydroxylation sites is 1. The van der Waals surface area contributed by atoms with Gasteiger partial charge in [-0.25, -0.2) is 9.78 Å². The Labute approximate surface area is 131 Å². The molecule has 1 aromatic heterocycles. The minimum absolute atomic E-state index is 0.0522. The van der Waals surface area contributed by atoms with Crippen molar-refractivity contribution in [3.05, 3.63) is 59.0 Å². The number of aromatic carboxylic acids is 1. The monoisotopic (exact) mass is 308 g/mol. The van der Waals surface area contributed by atoms with E-state index in [-0.39, 0.29) is 12.2 Å². The quantitative estimate of drug-likeness (QED) is 0.794. The summed E-state index contributed by atoms with van der Waals surface area (Å²) in [6.45, 7) is 1.90. The van der Waals surface area contributed by atoms with Crippen LogP contribution in [0.2, 0.25) is 0 Å². The zero-order valence-electron chi connectivity index (χ0n) is 12.2.